The van der Waals surface area contributed by atoms with Crippen LogP contribution in [0, 0.1) is 6.92 Å². The third kappa shape index (κ3) is 3.53. The molecule has 6 nitrogen and oxygen atoms in total. The van der Waals surface area contributed by atoms with Crippen molar-refractivity contribution in [2.45, 2.75) is 20.0 Å². The minimum absolute atomic E-state index is 0.0202. The first-order valence-corrected chi connectivity index (χ1v) is 7.51. The topological polar surface area (TPSA) is 60.7 Å². The average Bonchev–Trinajstić information content (AvgIpc) is 2.93. The molecule has 0 saturated carbocycles. The Morgan fingerprint density at radius 3 is 2.91 bits per heavy atom. The molecule has 0 aliphatic rings. The Balaban J connectivity index is 1.64. The lowest BCUT2D eigenvalue weighted by Crippen LogP contribution is -2.23. The number of aromatic nitrogens is 3. The Hall–Kier alpha value is -2.76. The predicted molar refractivity (Wildman–Crippen MR) is 89.3 cm³/mol. The van der Waals surface area contributed by atoms with Crippen LogP contribution < -0.4 is 14.8 Å². The summed E-state index contributed by atoms with van der Waals surface area (Å²) >= 11 is 0. The zero-order chi connectivity index (χ0) is 16.2. The molecule has 0 aliphatic carbocycles. The Morgan fingerprint density at radius 2 is 2.09 bits per heavy atom. The lowest BCUT2D eigenvalue weighted by atomic mass is 10.3. The van der Waals surface area contributed by atoms with Crippen molar-refractivity contribution in [3.8, 4) is 11.5 Å². The summed E-state index contributed by atoms with van der Waals surface area (Å²) in [4.78, 5) is 4.38. The third-order valence-corrected chi connectivity index (χ3v) is 3.45. The quantitative estimate of drug-likeness (QED) is 0.758. The van der Waals surface area contributed by atoms with Gasteiger partial charge in [-0.3, -0.25) is 0 Å². The molecule has 23 heavy (non-hydrogen) atoms. The molecule has 3 rings (SSSR count). The summed E-state index contributed by atoms with van der Waals surface area (Å²) in [5.41, 5.74) is 1.92. The Bertz CT molecular complexity index is 800. The molecular formula is C17H20N4O2. The Kier molecular flexibility index (Phi) is 4.32. The maximum atomic E-state index is 5.90. The van der Waals surface area contributed by atoms with Crippen LogP contribution in [0.25, 0.3) is 5.52 Å². The van der Waals surface area contributed by atoms with E-state index in [9.17, 15) is 0 Å². The van der Waals surface area contributed by atoms with E-state index < -0.39 is 0 Å². The molecule has 6 heteroatoms. The van der Waals surface area contributed by atoms with E-state index in [0.29, 0.717) is 6.54 Å². The van der Waals surface area contributed by atoms with Crippen molar-refractivity contribution in [1.82, 2.24) is 14.6 Å². The normalized spacial score (nSPS) is 12.1. The van der Waals surface area contributed by atoms with E-state index in [0.717, 1.165) is 28.5 Å². The molecule has 2 heterocycles. The second kappa shape index (κ2) is 6.56. The fourth-order valence-electron chi connectivity index (χ4n) is 2.37. The van der Waals surface area contributed by atoms with Crippen molar-refractivity contribution in [3.05, 3.63) is 48.4 Å². The van der Waals surface area contributed by atoms with Crippen LogP contribution in [0.2, 0.25) is 0 Å². The molecule has 1 N–H and O–H groups in total. The molecule has 0 spiro atoms. The Labute approximate surface area is 135 Å². The number of ether oxygens (including phenoxy) is 2. The van der Waals surface area contributed by atoms with Crippen LogP contribution in [0.5, 0.6) is 11.5 Å². The first kappa shape index (κ1) is 15.1. The smallest absolute Gasteiger partial charge is 0.152 e. The second-order valence-corrected chi connectivity index (χ2v) is 5.38. The van der Waals surface area contributed by atoms with Gasteiger partial charge in [-0.15, -0.1) is 0 Å². The van der Waals surface area contributed by atoms with Crippen LogP contribution in [-0.4, -0.2) is 34.4 Å². The van der Waals surface area contributed by atoms with Crippen LogP contribution in [0.4, 0.5) is 5.82 Å². The van der Waals surface area contributed by atoms with Gasteiger partial charge in [-0.25, -0.2) is 9.50 Å². The number of rotatable bonds is 6. The SMILES string of the molecule is COc1cccc(OC(C)CNc2nccn3nc(C)cc23)c1. The minimum Gasteiger partial charge on any atom is -0.497 e. The molecule has 2 aromatic heterocycles. The van der Waals surface area contributed by atoms with E-state index >= 15 is 0 Å². The van der Waals surface area contributed by atoms with Crippen LogP contribution in [0.3, 0.4) is 0 Å². The molecule has 0 saturated heterocycles. The zero-order valence-corrected chi connectivity index (χ0v) is 13.5. The number of hydrogen-bond acceptors (Lipinski definition) is 5. The second-order valence-electron chi connectivity index (χ2n) is 5.38. The van der Waals surface area contributed by atoms with Crippen molar-refractivity contribution in [2.24, 2.45) is 0 Å². The maximum absolute atomic E-state index is 5.90. The molecule has 0 radical (unpaired) electrons. The standard InChI is InChI=1S/C17H20N4O2/c1-12-9-16-17(18-7-8-21(16)20-12)19-11-13(2)23-15-6-4-5-14(10-15)22-3/h4-10,13H,11H2,1-3H3,(H,18,19). The molecule has 1 unspecified atom stereocenters. The van der Waals surface area contributed by atoms with Gasteiger partial charge in [0.15, 0.2) is 5.82 Å². The van der Waals surface area contributed by atoms with Crippen molar-refractivity contribution < 1.29 is 9.47 Å². The van der Waals surface area contributed by atoms with E-state index in [1.807, 2.05) is 54.9 Å². The van der Waals surface area contributed by atoms with E-state index in [1.54, 1.807) is 13.3 Å². The molecule has 1 atom stereocenters. The summed E-state index contributed by atoms with van der Waals surface area (Å²) in [5.74, 6) is 2.36. The van der Waals surface area contributed by atoms with Gasteiger partial charge in [0.05, 0.1) is 19.3 Å². The lowest BCUT2D eigenvalue weighted by molar-refractivity contribution is 0.233. The highest BCUT2D eigenvalue weighted by Gasteiger charge is 2.09. The van der Waals surface area contributed by atoms with Gasteiger partial charge in [0, 0.05) is 18.5 Å². The first-order valence-electron chi connectivity index (χ1n) is 7.51. The summed E-state index contributed by atoms with van der Waals surface area (Å²) in [6.45, 7) is 4.60. The summed E-state index contributed by atoms with van der Waals surface area (Å²) < 4.78 is 12.9. The summed E-state index contributed by atoms with van der Waals surface area (Å²) in [6.07, 6.45) is 3.55. The fourth-order valence-corrected chi connectivity index (χ4v) is 2.37. The van der Waals surface area contributed by atoms with Gasteiger partial charge in [-0.2, -0.15) is 5.10 Å². The van der Waals surface area contributed by atoms with Crippen molar-refractivity contribution in [3.63, 3.8) is 0 Å². The molecule has 1 aromatic carbocycles. The predicted octanol–water partition coefficient (Wildman–Crippen LogP) is 2.93. The molecule has 0 amide bonds. The van der Waals surface area contributed by atoms with Gasteiger partial charge in [0.25, 0.3) is 0 Å². The molecular weight excluding hydrogens is 292 g/mol. The Morgan fingerprint density at radius 1 is 1.26 bits per heavy atom. The van der Waals surface area contributed by atoms with Crippen molar-refractivity contribution in [1.29, 1.82) is 0 Å². The number of aryl methyl sites for hydroxylation is 1. The number of methoxy groups -OCH3 is 1. The van der Waals surface area contributed by atoms with E-state index in [2.05, 4.69) is 15.4 Å². The minimum atomic E-state index is -0.0202. The van der Waals surface area contributed by atoms with Gasteiger partial charge in [0.2, 0.25) is 0 Å². The summed E-state index contributed by atoms with van der Waals surface area (Å²) in [7, 11) is 1.64. The number of nitrogens with one attached hydrogen (secondary N) is 1. The lowest BCUT2D eigenvalue weighted by Gasteiger charge is -2.16. The zero-order valence-electron chi connectivity index (χ0n) is 13.5. The number of fused-ring (bicyclic) bond motifs is 1. The van der Waals surface area contributed by atoms with Crippen LogP contribution in [0.15, 0.2) is 42.7 Å². The first-order chi connectivity index (χ1) is 11.2. The van der Waals surface area contributed by atoms with E-state index in [4.69, 9.17) is 9.47 Å². The highest BCUT2D eigenvalue weighted by atomic mass is 16.5. The molecule has 0 fully saturated rings. The van der Waals surface area contributed by atoms with Crippen molar-refractivity contribution >= 4 is 11.3 Å². The highest BCUT2D eigenvalue weighted by molar-refractivity contribution is 5.67. The maximum Gasteiger partial charge on any atom is 0.152 e. The molecule has 0 aliphatic heterocycles. The monoisotopic (exact) mass is 312 g/mol. The van der Waals surface area contributed by atoms with Crippen LogP contribution in [0.1, 0.15) is 12.6 Å². The highest BCUT2D eigenvalue weighted by Crippen LogP contribution is 2.20. The fraction of sp³-hybridized carbons (Fsp3) is 0.294. The number of hydrogen-bond donors (Lipinski definition) is 1. The number of anilines is 1. The third-order valence-electron chi connectivity index (χ3n) is 3.45. The van der Waals surface area contributed by atoms with Gasteiger partial charge in [0.1, 0.15) is 23.1 Å². The van der Waals surface area contributed by atoms with Gasteiger partial charge in [-0.05, 0) is 32.0 Å². The van der Waals surface area contributed by atoms with Crippen molar-refractivity contribution in [2.75, 3.05) is 19.0 Å². The average molecular weight is 312 g/mol. The largest absolute Gasteiger partial charge is 0.497 e. The summed E-state index contributed by atoms with van der Waals surface area (Å²) in [5, 5.41) is 7.70. The summed E-state index contributed by atoms with van der Waals surface area (Å²) in [6, 6.07) is 9.59. The van der Waals surface area contributed by atoms with E-state index in [1.165, 1.54) is 0 Å². The molecule has 3 aromatic rings. The van der Waals surface area contributed by atoms with Crippen LogP contribution in [-0.2, 0) is 0 Å². The number of nitrogens with zero attached hydrogens (tertiary/aromatic N) is 3. The molecule has 0 bridgehead atoms. The molecule has 120 valence electrons. The van der Waals surface area contributed by atoms with E-state index in [-0.39, 0.29) is 6.10 Å². The van der Waals surface area contributed by atoms with Gasteiger partial charge >= 0.3 is 0 Å². The van der Waals surface area contributed by atoms with Gasteiger partial charge in [-0.1, -0.05) is 6.07 Å². The van der Waals surface area contributed by atoms with Gasteiger partial charge < -0.3 is 14.8 Å². The number of benzene rings is 1. The van der Waals surface area contributed by atoms with Crippen LogP contribution >= 0.6 is 0 Å².